The molecule has 2 heterocycles. The molecule has 0 aromatic rings. The molecule has 0 radical (unpaired) electrons. The van der Waals surface area contributed by atoms with E-state index in [1.807, 2.05) is 0 Å². The maximum Gasteiger partial charge on any atom is 0.236 e. The van der Waals surface area contributed by atoms with Crippen molar-refractivity contribution in [3.05, 3.63) is 0 Å². The number of nitrogens with one attached hydrogen (secondary N) is 1. The van der Waals surface area contributed by atoms with E-state index in [-0.39, 0.29) is 24.1 Å². The summed E-state index contributed by atoms with van der Waals surface area (Å²) in [5.41, 5.74) is 0. The van der Waals surface area contributed by atoms with Gasteiger partial charge in [0, 0.05) is 32.2 Å². The number of carbonyl (C=O) groups excluding carboxylic acids is 1. The van der Waals surface area contributed by atoms with Gasteiger partial charge in [-0.3, -0.25) is 9.18 Å². The lowest BCUT2D eigenvalue weighted by atomic mass is 10.1. The summed E-state index contributed by atoms with van der Waals surface area (Å²) in [7, 11) is -3.39. The lowest BCUT2D eigenvalue weighted by Crippen LogP contribution is -2.57. The summed E-state index contributed by atoms with van der Waals surface area (Å²) in [6.45, 7) is 1.91. The number of hydrogen-bond acceptors (Lipinski definition) is 4. The maximum absolute atomic E-state index is 12.2. The number of piperazine rings is 1. The van der Waals surface area contributed by atoms with E-state index < -0.39 is 16.7 Å². The zero-order chi connectivity index (χ0) is 14.6. The van der Waals surface area contributed by atoms with E-state index in [2.05, 4.69) is 5.32 Å². The fourth-order valence-corrected chi connectivity index (χ4v) is 4.34. The number of rotatable bonds is 5. The Morgan fingerprint density at radius 3 is 2.85 bits per heavy atom. The molecule has 2 saturated heterocycles. The third-order valence-electron chi connectivity index (χ3n) is 3.86. The van der Waals surface area contributed by atoms with Crippen LogP contribution in [0.3, 0.4) is 0 Å². The summed E-state index contributed by atoms with van der Waals surface area (Å²) < 4.78 is 37.8. The Hall–Kier alpha value is -0.730. The number of sulfonamides is 1. The monoisotopic (exact) mass is 307 g/mol. The van der Waals surface area contributed by atoms with Gasteiger partial charge in [0.1, 0.15) is 0 Å². The molecule has 2 rings (SSSR count). The Labute approximate surface area is 119 Å². The molecule has 1 atom stereocenters. The standard InChI is InChI=1S/C12H22FN3O3S/c13-4-2-8-20(18,19)15-6-1-3-11(10-15)16-7-5-14-9-12(16)17/h11,14H,1-10H2. The first-order valence-electron chi connectivity index (χ1n) is 7.08. The van der Waals surface area contributed by atoms with Crippen molar-refractivity contribution in [3.8, 4) is 0 Å². The molecule has 0 aromatic carbocycles. The third kappa shape index (κ3) is 3.67. The molecule has 2 aliphatic rings. The van der Waals surface area contributed by atoms with E-state index in [0.29, 0.717) is 26.2 Å². The van der Waals surface area contributed by atoms with Gasteiger partial charge >= 0.3 is 0 Å². The molecule has 20 heavy (non-hydrogen) atoms. The summed E-state index contributed by atoms with van der Waals surface area (Å²) in [6, 6.07) is -0.0431. The highest BCUT2D eigenvalue weighted by atomic mass is 32.2. The van der Waals surface area contributed by atoms with Crippen molar-refractivity contribution >= 4 is 15.9 Å². The van der Waals surface area contributed by atoms with Crippen LogP contribution in [0.2, 0.25) is 0 Å². The van der Waals surface area contributed by atoms with Gasteiger partial charge in [-0.2, -0.15) is 4.31 Å². The van der Waals surface area contributed by atoms with Crippen molar-refractivity contribution in [2.24, 2.45) is 0 Å². The molecule has 2 fully saturated rings. The minimum atomic E-state index is -3.39. The van der Waals surface area contributed by atoms with Crippen molar-refractivity contribution < 1.29 is 17.6 Å². The number of alkyl halides is 1. The van der Waals surface area contributed by atoms with Crippen molar-refractivity contribution in [2.45, 2.75) is 25.3 Å². The molecule has 8 heteroatoms. The average Bonchev–Trinajstić information content (AvgIpc) is 2.46. The molecule has 0 saturated carbocycles. The second-order valence-electron chi connectivity index (χ2n) is 5.28. The lowest BCUT2D eigenvalue weighted by Gasteiger charge is -2.40. The van der Waals surface area contributed by atoms with Crippen LogP contribution < -0.4 is 5.32 Å². The van der Waals surface area contributed by atoms with Crippen LogP contribution >= 0.6 is 0 Å². The smallest absolute Gasteiger partial charge is 0.236 e. The number of nitrogens with zero attached hydrogens (tertiary/aromatic N) is 2. The lowest BCUT2D eigenvalue weighted by molar-refractivity contribution is -0.135. The maximum atomic E-state index is 12.2. The molecule has 116 valence electrons. The minimum Gasteiger partial charge on any atom is -0.336 e. The van der Waals surface area contributed by atoms with E-state index >= 15 is 0 Å². The molecule has 0 bridgehead atoms. The van der Waals surface area contributed by atoms with Gasteiger partial charge in [-0.15, -0.1) is 0 Å². The number of halogens is 1. The molecule has 0 aromatic heterocycles. The topological polar surface area (TPSA) is 69.7 Å². The normalized spacial score (nSPS) is 25.9. The highest BCUT2D eigenvalue weighted by Gasteiger charge is 2.34. The Morgan fingerprint density at radius 1 is 1.35 bits per heavy atom. The zero-order valence-electron chi connectivity index (χ0n) is 11.6. The molecular weight excluding hydrogens is 285 g/mol. The van der Waals surface area contributed by atoms with Crippen molar-refractivity contribution in [2.75, 3.05) is 45.2 Å². The molecule has 1 unspecified atom stereocenters. The van der Waals surface area contributed by atoms with Gasteiger partial charge in [-0.25, -0.2) is 8.42 Å². The van der Waals surface area contributed by atoms with E-state index in [0.717, 1.165) is 19.4 Å². The van der Waals surface area contributed by atoms with Crippen molar-refractivity contribution in [1.29, 1.82) is 0 Å². The number of amides is 1. The highest BCUT2D eigenvalue weighted by Crippen LogP contribution is 2.20. The minimum absolute atomic E-state index is 0.0317. The predicted octanol–water partition coefficient (Wildman–Crippen LogP) is -0.428. The fraction of sp³-hybridized carbons (Fsp3) is 0.917. The SMILES string of the molecule is O=C1CNCCN1C1CCCN(S(=O)(=O)CCCF)C1. The van der Waals surface area contributed by atoms with Gasteiger partial charge in [0.05, 0.1) is 19.0 Å². The first-order valence-corrected chi connectivity index (χ1v) is 8.69. The van der Waals surface area contributed by atoms with E-state index in [1.54, 1.807) is 4.90 Å². The van der Waals surface area contributed by atoms with Gasteiger partial charge in [0.2, 0.25) is 15.9 Å². The first kappa shape index (κ1) is 15.7. The number of carbonyl (C=O) groups is 1. The molecular formula is C12H22FN3O3S. The average molecular weight is 307 g/mol. The quantitative estimate of drug-likeness (QED) is 0.748. The second-order valence-corrected chi connectivity index (χ2v) is 7.36. The van der Waals surface area contributed by atoms with Crippen molar-refractivity contribution in [1.82, 2.24) is 14.5 Å². The number of hydrogen-bond donors (Lipinski definition) is 1. The van der Waals surface area contributed by atoms with E-state index in [1.165, 1.54) is 4.31 Å². The Balaban J connectivity index is 1.99. The van der Waals surface area contributed by atoms with Gasteiger partial charge in [0.25, 0.3) is 0 Å². The zero-order valence-corrected chi connectivity index (χ0v) is 12.4. The molecule has 0 spiro atoms. The van der Waals surface area contributed by atoms with E-state index in [9.17, 15) is 17.6 Å². The Morgan fingerprint density at radius 2 is 2.15 bits per heavy atom. The van der Waals surface area contributed by atoms with Crippen LogP contribution in [-0.4, -0.2) is 74.7 Å². The van der Waals surface area contributed by atoms with Gasteiger partial charge < -0.3 is 10.2 Å². The summed E-state index contributed by atoms with van der Waals surface area (Å²) in [4.78, 5) is 13.7. The molecule has 2 aliphatic heterocycles. The van der Waals surface area contributed by atoms with Crippen LogP contribution in [0.1, 0.15) is 19.3 Å². The summed E-state index contributed by atoms with van der Waals surface area (Å²) in [5, 5.41) is 3.01. The summed E-state index contributed by atoms with van der Waals surface area (Å²) in [5.74, 6) is -0.115. The summed E-state index contributed by atoms with van der Waals surface area (Å²) in [6.07, 6.45) is 1.62. The van der Waals surface area contributed by atoms with Gasteiger partial charge in [-0.05, 0) is 19.3 Å². The molecule has 1 amide bonds. The highest BCUT2D eigenvalue weighted by molar-refractivity contribution is 7.89. The number of piperidine rings is 1. The largest absolute Gasteiger partial charge is 0.336 e. The Bertz CT molecular complexity index is 443. The third-order valence-corrected chi connectivity index (χ3v) is 5.78. The van der Waals surface area contributed by atoms with Crippen LogP contribution in [0, 0.1) is 0 Å². The van der Waals surface area contributed by atoms with Crippen LogP contribution in [0.25, 0.3) is 0 Å². The van der Waals surface area contributed by atoms with Gasteiger partial charge in [0.15, 0.2) is 0 Å². The van der Waals surface area contributed by atoms with Crippen LogP contribution in [0.15, 0.2) is 0 Å². The second kappa shape index (κ2) is 6.82. The van der Waals surface area contributed by atoms with Crippen LogP contribution in [-0.2, 0) is 14.8 Å². The van der Waals surface area contributed by atoms with Crippen molar-refractivity contribution in [3.63, 3.8) is 0 Å². The van der Waals surface area contributed by atoms with Gasteiger partial charge in [-0.1, -0.05) is 0 Å². The van der Waals surface area contributed by atoms with E-state index in [4.69, 9.17) is 0 Å². The fourth-order valence-electron chi connectivity index (χ4n) is 2.80. The molecule has 0 aliphatic carbocycles. The first-order chi connectivity index (χ1) is 9.54. The summed E-state index contributed by atoms with van der Waals surface area (Å²) >= 11 is 0. The molecule has 1 N–H and O–H groups in total. The van der Waals surface area contributed by atoms with Crippen LogP contribution in [0.4, 0.5) is 4.39 Å². The predicted molar refractivity (Wildman–Crippen MR) is 73.6 cm³/mol. The molecule has 6 nitrogen and oxygen atoms in total. The van der Waals surface area contributed by atoms with Crippen LogP contribution in [0.5, 0.6) is 0 Å². The Kier molecular flexibility index (Phi) is 5.34.